The first-order valence-electron chi connectivity index (χ1n) is 24.1. The van der Waals surface area contributed by atoms with E-state index in [1.807, 2.05) is 0 Å². The van der Waals surface area contributed by atoms with Gasteiger partial charge in [0.05, 0.1) is 6.10 Å². The van der Waals surface area contributed by atoms with Gasteiger partial charge in [-0.05, 0) is 25.7 Å². The van der Waals surface area contributed by atoms with E-state index in [1.54, 1.807) is 0 Å². The molecule has 0 radical (unpaired) electrons. The predicted molar refractivity (Wildman–Crippen MR) is 227 cm³/mol. The molecule has 302 valence electrons. The van der Waals surface area contributed by atoms with Gasteiger partial charge in [0.2, 0.25) is 0 Å². The highest BCUT2D eigenvalue weighted by Gasteiger charge is 2.09. The lowest BCUT2D eigenvalue weighted by atomic mass is 10.0. The summed E-state index contributed by atoms with van der Waals surface area (Å²) in [6.45, 7) is 5.98. The van der Waals surface area contributed by atoms with Gasteiger partial charge in [0.1, 0.15) is 0 Å². The maximum atomic E-state index is 8.93. The van der Waals surface area contributed by atoms with E-state index >= 15 is 0 Å². The number of aliphatic hydroxyl groups excluding tert-OH is 1. The molecule has 2 heteroatoms. The first-order chi connectivity index (χ1) is 24.8. The minimum Gasteiger partial charge on any atom is -0.396 e. The molecule has 0 heterocycles. The molecule has 0 spiro atoms. The van der Waals surface area contributed by atoms with Crippen molar-refractivity contribution in [1.29, 1.82) is 0 Å². The normalized spacial score (nSPS) is 12.3. The van der Waals surface area contributed by atoms with Gasteiger partial charge in [0.15, 0.2) is 0 Å². The summed E-state index contributed by atoms with van der Waals surface area (Å²) in [6.07, 6.45) is 60.9. The summed E-state index contributed by atoms with van der Waals surface area (Å²) in [6, 6.07) is 0. The Morgan fingerprint density at radius 2 is 0.500 bits per heavy atom. The molecule has 2 nitrogen and oxygen atoms in total. The Kier molecular flexibility index (Phi) is 46.9. The van der Waals surface area contributed by atoms with Crippen molar-refractivity contribution in [2.75, 3.05) is 13.2 Å². The lowest BCUT2D eigenvalue weighted by molar-refractivity contribution is 0.0357. The van der Waals surface area contributed by atoms with Crippen LogP contribution in [0.25, 0.3) is 0 Å². The highest BCUT2D eigenvalue weighted by molar-refractivity contribution is 4.61. The second-order valence-corrected chi connectivity index (χ2v) is 16.6. The minimum absolute atomic E-state index is 0.365. The lowest BCUT2D eigenvalue weighted by Gasteiger charge is -2.18. The number of aliphatic hydroxyl groups is 1. The van der Waals surface area contributed by atoms with Crippen molar-refractivity contribution in [2.24, 2.45) is 0 Å². The molecule has 1 unspecified atom stereocenters. The maximum Gasteiger partial charge on any atom is 0.0575 e. The molecular formula is C48H98O2. The molecule has 0 saturated carbocycles. The quantitative estimate of drug-likeness (QED) is 0.0639. The number of ether oxygens (including phenoxy) is 1. The largest absolute Gasteiger partial charge is 0.396 e. The molecule has 1 atom stereocenters. The Hall–Kier alpha value is -0.0800. The predicted octanol–water partition coefficient (Wildman–Crippen LogP) is 17.2. The molecule has 0 saturated heterocycles. The third kappa shape index (κ3) is 44.1. The summed E-state index contributed by atoms with van der Waals surface area (Å²) >= 11 is 0. The number of hydrogen-bond acceptors (Lipinski definition) is 2. The number of rotatable bonds is 46. The van der Waals surface area contributed by atoms with Crippen LogP contribution >= 0.6 is 0 Å². The second-order valence-electron chi connectivity index (χ2n) is 16.6. The Bertz CT molecular complexity index is 562. The molecule has 0 aromatic heterocycles. The fourth-order valence-electron chi connectivity index (χ4n) is 7.85. The van der Waals surface area contributed by atoms with E-state index in [0.29, 0.717) is 12.7 Å². The summed E-state index contributed by atoms with van der Waals surface area (Å²) in [5, 5.41) is 8.93. The van der Waals surface area contributed by atoms with Gasteiger partial charge in [-0.25, -0.2) is 0 Å². The standard InChI is InChI=1S/C48H98O2/c1-3-5-7-9-11-13-15-17-19-21-23-27-31-35-39-43-47-50-48(45-41-37-33-29-25-26-30-34-38-42-46-49)44-40-36-32-28-24-22-20-18-16-14-12-10-8-6-4-2/h48-49H,3-47H2,1-2H3. The molecule has 0 bridgehead atoms. The Morgan fingerprint density at radius 1 is 0.280 bits per heavy atom. The molecule has 0 fully saturated rings. The summed E-state index contributed by atoms with van der Waals surface area (Å²) in [5.74, 6) is 0. The van der Waals surface area contributed by atoms with Crippen LogP contribution in [0.1, 0.15) is 290 Å². The van der Waals surface area contributed by atoms with Crippen LogP contribution in [-0.2, 0) is 4.74 Å². The van der Waals surface area contributed by atoms with E-state index in [2.05, 4.69) is 13.8 Å². The number of unbranched alkanes of at least 4 members (excludes halogenated alkanes) is 38. The topological polar surface area (TPSA) is 29.5 Å². The Balaban J connectivity index is 3.89. The molecule has 0 aromatic carbocycles. The first-order valence-corrected chi connectivity index (χ1v) is 24.1. The highest BCUT2D eigenvalue weighted by Crippen LogP contribution is 2.20. The molecule has 50 heavy (non-hydrogen) atoms. The van der Waals surface area contributed by atoms with Crippen molar-refractivity contribution < 1.29 is 9.84 Å². The minimum atomic E-state index is 0.365. The molecule has 1 N–H and O–H groups in total. The van der Waals surface area contributed by atoms with E-state index in [1.165, 1.54) is 270 Å². The van der Waals surface area contributed by atoms with Crippen molar-refractivity contribution >= 4 is 0 Å². The van der Waals surface area contributed by atoms with Crippen LogP contribution in [0.3, 0.4) is 0 Å². The van der Waals surface area contributed by atoms with Gasteiger partial charge in [-0.15, -0.1) is 0 Å². The van der Waals surface area contributed by atoms with Gasteiger partial charge in [-0.2, -0.15) is 0 Å². The zero-order valence-corrected chi connectivity index (χ0v) is 35.3. The monoisotopic (exact) mass is 707 g/mol. The van der Waals surface area contributed by atoms with Crippen LogP contribution in [0.4, 0.5) is 0 Å². The van der Waals surface area contributed by atoms with E-state index in [0.717, 1.165) is 13.0 Å². The second kappa shape index (κ2) is 46.9. The van der Waals surface area contributed by atoms with Crippen LogP contribution in [-0.4, -0.2) is 24.4 Å². The van der Waals surface area contributed by atoms with Crippen LogP contribution < -0.4 is 0 Å². The molecule has 0 aliphatic carbocycles. The number of hydrogen-bond donors (Lipinski definition) is 1. The van der Waals surface area contributed by atoms with Crippen LogP contribution in [0, 0.1) is 0 Å². The van der Waals surface area contributed by atoms with Crippen molar-refractivity contribution in [1.82, 2.24) is 0 Å². The highest BCUT2D eigenvalue weighted by atomic mass is 16.5. The Morgan fingerprint density at radius 3 is 0.760 bits per heavy atom. The fourth-order valence-corrected chi connectivity index (χ4v) is 7.85. The molecular weight excluding hydrogens is 609 g/mol. The zero-order valence-electron chi connectivity index (χ0n) is 35.3. The van der Waals surface area contributed by atoms with E-state index < -0.39 is 0 Å². The fraction of sp³-hybridized carbons (Fsp3) is 1.00. The summed E-state index contributed by atoms with van der Waals surface area (Å²) in [4.78, 5) is 0. The van der Waals surface area contributed by atoms with E-state index in [4.69, 9.17) is 9.84 Å². The third-order valence-corrected chi connectivity index (χ3v) is 11.4. The van der Waals surface area contributed by atoms with Crippen molar-refractivity contribution in [2.45, 2.75) is 296 Å². The van der Waals surface area contributed by atoms with Crippen LogP contribution in [0.2, 0.25) is 0 Å². The smallest absolute Gasteiger partial charge is 0.0575 e. The maximum absolute atomic E-state index is 8.93. The van der Waals surface area contributed by atoms with Gasteiger partial charge in [0, 0.05) is 13.2 Å². The van der Waals surface area contributed by atoms with Gasteiger partial charge in [-0.3, -0.25) is 0 Å². The van der Waals surface area contributed by atoms with Crippen molar-refractivity contribution in [3.8, 4) is 0 Å². The SMILES string of the molecule is CCCCCCCCCCCCCCCCCCOC(CCCCCCCCCCCCO)CCCCCCCCCCCCCCCCC. The summed E-state index contributed by atoms with van der Waals surface area (Å²) < 4.78 is 6.55. The zero-order chi connectivity index (χ0) is 36.1. The first kappa shape index (κ1) is 49.9. The molecule has 0 amide bonds. The van der Waals surface area contributed by atoms with Gasteiger partial charge < -0.3 is 9.84 Å². The average Bonchev–Trinajstić information content (AvgIpc) is 3.13. The lowest BCUT2D eigenvalue weighted by Crippen LogP contribution is -2.14. The Labute approximate surface area is 318 Å². The summed E-state index contributed by atoms with van der Waals surface area (Å²) in [5.41, 5.74) is 0. The third-order valence-electron chi connectivity index (χ3n) is 11.4. The van der Waals surface area contributed by atoms with E-state index in [-0.39, 0.29) is 0 Å². The average molecular weight is 707 g/mol. The van der Waals surface area contributed by atoms with E-state index in [9.17, 15) is 0 Å². The van der Waals surface area contributed by atoms with Crippen molar-refractivity contribution in [3.05, 3.63) is 0 Å². The molecule has 0 aromatic rings. The molecule has 0 aliphatic rings. The van der Waals surface area contributed by atoms with Crippen molar-refractivity contribution in [3.63, 3.8) is 0 Å². The van der Waals surface area contributed by atoms with Gasteiger partial charge in [0.25, 0.3) is 0 Å². The summed E-state index contributed by atoms with van der Waals surface area (Å²) in [7, 11) is 0. The van der Waals surface area contributed by atoms with Gasteiger partial charge in [-0.1, -0.05) is 264 Å². The van der Waals surface area contributed by atoms with Crippen LogP contribution in [0.5, 0.6) is 0 Å². The molecule has 0 aliphatic heterocycles. The molecule has 0 rings (SSSR count). The van der Waals surface area contributed by atoms with Gasteiger partial charge >= 0.3 is 0 Å². The van der Waals surface area contributed by atoms with Crippen LogP contribution in [0.15, 0.2) is 0 Å².